The second kappa shape index (κ2) is 7.67. The number of ether oxygens (including phenoxy) is 1. The Morgan fingerprint density at radius 2 is 2.00 bits per heavy atom. The van der Waals surface area contributed by atoms with E-state index >= 15 is 0 Å². The van der Waals surface area contributed by atoms with E-state index in [-0.39, 0.29) is 29.2 Å². The van der Waals surface area contributed by atoms with Gasteiger partial charge in [-0.25, -0.2) is 4.39 Å². The highest BCUT2D eigenvalue weighted by Gasteiger charge is 2.55. The molecule has 4 aliphatic rings. The van der Waals surface area contributed by atoms with Crippen LogP contribution in [0.15, 0.2) is 36.4 Å². The lowest BCUT2D eigenvalue weighted by Crippen LogP contribution is -2.50. The molecule has 162 valence electrons. The number of halogens is 1. The predicted molar refractivity (Wildman–Crippen MR) is 116 cm³/mol. The third kappa shape index (κ3) is 3.45. The van der Waals surface area contributed by atoms with Gasteiger partial charge in [-0.05, 0) is 55.6 Å². The molecular formula is C25H33FN2O2. The molecule has 5 rings (SSSR count). The lowest BCUT2D eigenvalue weighted by molar-refractivity contribution is -0.146. The Bertz CT molecular complexity index is 834. The number of benzene rings is 1. The minimum absolute atomic E-state index is 0.00519. The zero-order valence-corrected chi connectivity index (χ0v) is 18.0. The van der Waals surface area contributed by atoms with Gasteiger partial charge in [-0.15, -0.1) is 0 Å². The molecule has 2 aliphatic heterocycles. The number of hydrogen-bond acceptors (Lipinski definition) is 4. The van der Waals surface area contributed by atoms with Crippen molar-refractivity contribution in [3.05, 3.63) is 42.2 Å². The van der Waals surface area contributed by atoms with E-state index in [2.05, 4.69) is 23.3 Å². The van der Waals surface area contributed by atoms with Crippen molar-refractivity contribution in [2.75, 3.05) is 37.6 Å². The summed E-state index contributed by atoms with van der Waals surface area (Å²) in [4.78, 5) is 17.3. The van der Waals surface area contributed by atoms with Gasteiger partial charge < -0.3 is 9.64 Å². The first kappa shape index (κ1) is 20.0. The lowest BCUT2D eigenvalue weighted by Gasteiger charge is -2.50. The van der Waals surface area contributed by atoms with Crippen LogP contribution >= 0.6 is 0 Å². The first-order valence-electron chi connectivity index (χ1n) is 11.5. The summed E-state index contributed by atoms with van der Waals surface area (Å²) in [5.41, 5.74) is 2.32. The summed E-state index contributed by atoms with van der Waals surface area (Å²) in [6.07, 6.45) is 5.69. The Balaban J connectivity index is 1.23. The number of anilines is 1. The molecule has 0 radical (unpaired) electrons. The van der Waals surface area contributed by atoms with Crippen molar-refractivity contribution in [3.63, 3.8) is 0 Å². The molecule has 0 unspecified atom stereocenters. The van der Waals surface area contributed by atoms with Crippen LogP contribution in [0.4, 0.5) is 10.1 Å². The fourth-order valence-corrected chi connectivity index (χ4v) is 6.62. The normalized spacial score (nSPS) is 36.9. The maximum atomic E-state index is 14.1. The molecule has 1 aromatic carbocycles. The first-order chi connectivity index (χ1) is 14.4. The van der Waals surface area contributed by atoms with Crippen molar-refractivity contribution < 1.29 is 13.9 Å². The van der Waals surface area contributed by atoms with E-state index < -0.39 is 0 Å². The number of para-hydroxylation sites is 1. The van der Waals surface area contributed by atoms with Crippen molar-refractivity contribution in [2.24, 2.45) is 23.2 Å². The molecule has 5 atom stereocenters. The lowest BCUT2D eigenvalue weighted by atomic mass is 9.55. The molecule has 2 saturated carbocycles. The third-order valence-corrected chi connectivity index (χ3v) is 8.34. The Kier molecular flexibility index (Phi) is 5.12. The van der Waals surface area contributed by atoms with Gasteiger partial charge in [-0.2, -0.15) is 0 Å². The van der Waals surface area contributed by atoms with Crippen LogP contribution in [0.1, 0.15) is 39.0 Å². The molecule has 2 heterocycles. The van der Waals surface area contributed by atoms with Gasteiger partial charge in [-0.3, -0.25) is 9.69 Å². The fraction of sp³-hybridized carbons (Fsp3) is 0.640. The van der Waals surface area contributed by atoms with Crippen LogP contribution in [0.25, 0.3) is 0 Å². The van der Waals surface area contributed by atoms with Gasteiger partial charge in [-0.1, -0.05) is 31.2 Å². The van der Waals surface area contributed by atoms with Gasteiger partial charge in [0.05, 0.1) is 11.6 Å². The smallest absolute Gasteiger partial charge is 0.310 e. The topological polar surface area (TPSA) is 32.8 Å². The largest absolute Gasteiger partial charge is 0.462 e. The van der Waals surface area contributed by atoms with Gasteiger partial charge in [0.15, 0.2) is 0 Å². The van der Waals surface area contributed by atoms with E-state index in [4.69, 9.17) is 4.74 Å². The first-order valence-corrected chi connectivity index (χ1v) is 11.5. The van der Waals surface area contributed by atoms with E-state index in [0.717, 1.165) is 52.0 Å². The average Bonchev–Trinajstić information content (AvgIpc) is 3.01. The SMILES string of the molecule is C=C1CCC[C@]2(C)C[C@H]3OC(=O)[C@H](CN4CCN(c5ccccc5F)CC4)[C@H]3C[C@H]12. The molecular weight excluding hydrogens is 379 g/mol. The van der Waals surface area contributed by atoms with Crippen LogP contribution < -0.4 is 4.90 Å². The van der Waals surface area contributed by atoms with Crippen LogP contribution in [0.2, 0.25) is 0 Å². The zero-order chi connectivity index (χ0) is 20.9. The number of rotatable bonds is 3. The Labute approximate surface area is 179 Å². The monoisotopic (exact) mass is 412 g/mol. The number of carbonyl (C=O) groups is 1. The summed E-state index contributed by atoms with van der Waals surface area (Å²) in [5.74, 6) is 0.646. The number of esters is 1. The highest BCUT2D eigenvalue weighted by molar-refractivity contribution is 5.75. The van der Waals surface area contributed by atoms with Crippen molar-refractivity contribution >= 4 is 11.7 Å². The maximum absolute atomic E-state index is 14.1. The quantitative estimate of drug-likeness (QED) is 0.549. The Hall–Kier alpha value is -1.88. The van der Waals surface area contributed by atoms with Gasteiger partial charge in [0.25, 0.3) is 0 Å². The van der Waals surface area contributed by atoms with E-state index in [0.29, 0.717) is 17.5 Å². The summed E-state index contributed by atoms with van der Waals surface area (Å²) in [6, 6.07) is 6.98. The molecule has 1 aromatic rings. The van der Waals surface area contributed by atoms with E-state index in [1.54, 1.807) is 6.07 Å². The van der Waals surface area contributed by atoms with Gasteiger partial charge >= 0.3 is 5.97 Å². The van der Waals surface area contributed by atoms with E-state index in [1.807, 2.05) is 12.1 Å². The maximum Gasteiger partial charge on any atom is 0.310 e. The summed E-state index contributed by atoms with van der Waals surface area (Å²) in [7, 11) is 0. The molecule has 0 bridgehead atoms. The second-order valence-electron chi connectivity index (χ2n) is 10.1. The minimum Gasteiger partial charge on any atom is -0.462 e. The van der Waals surface area contributed by atoms with Crippen LogP contribution in [0, 0.1) is 29.0 Å². The molecule has 2 saturated heterocycles. The van der Waals surface area contributed by atoms with Crippen LogP contribution in [-0.4, -0.2) is 49.7 Å². The molecule has 0 spiro atoms. The van der Waals surface area contributed by atoms with Crippen molar-refractivity contribution in [2.45, 2.75) is 45.1 Å². The van der Waals surface area contributed by atoms with Crippen molar-refractivity contribution in [3.8, 4) is 0 Å². The van der Waals surface area contributed by atoms with Crippen LogP contribution in [0.3, 0.4) is 0 Å². The minimum atomic E-state index is -0.161. The molecule has 2 aliphatic carbocycles. The number of carbonyl (C=O) groups excluding carboxylic acids is 1. The average molecular weight is 413 g/mol. The van der Waals surface area contributed by atoms with Gasteiger partial charge in [0.2, 0.25) is 0 Å². The van der Waals surface area contributed by atoms with Crippen molar-refractivity contribution in [1.82, 2.24) is 4.90 Å². The van der Waals surface area contributed by atoms with Crippen molar-refractivity contribution in [1.29, 1.82) is 0 Å². The highest BCUT2D eigenvalue weighted by atomic mass is 19.1. The summed E-state index contributed by atoms with van der Waals surface area (Å²) in [6.45, 7) is 10.8. The summed E-state index contributed by atoms with van der Waals surface area (Å²) in [5, 5.41) is 0. The zero-order valence-electron chi connectivity index (χ0n) is 18.0. The number of piperazine rings is 1. The summed E-state index contributed by atoms with van der Waals surface area (Å²) < 4.78 is 20.0. The predicted octanol–water partition coefficient (Wildman–Crippen LogP) is 4.26. The standard InChI is InChI=1S/C25H33FN2O2/c1-17-6-5-9-25(2)15-23-18(14-20(17)25)19(24(29)30-23)16-27-10-12-28(13-11-27)22-8-4-3-7-21(22)26/h3-4,7-8,18-20,23H,1,5-6,9-16H2,2H3/t18-,19-,20-,23-,25-/m1/s1. The number of hydrogen-bond donors (Lipinski definition) is 0. The Morgan fingerprint density at radius 3 is 2.77 bits per heavy atom. The number of allylic oxidation sites excluding steroid dienone is 1. The van der Waals surface area contributed by atoms with Crippen LogP contribution in [0.5, 0.6) is 0 Å². The molecule has 0 amide bonds. The van der Waals surface area contributed by atoms with Crippen LogP contribution in [-0.2, 0) is 9.53 Å². The fourth-order valence-electron chi connectivity index (χ4n) is 6.62. The van der Waals surface area contributed by atoms with Gasteiger partial charge in [0.1, 0.15) is 11.9 Å². The second-order valence-corrected chi connectivity index (χ2v) is 10.1. The van der Waals surface area contributed by atoms with E-state index in [9.17, 15) is 9.18 Å². The third-order valence-electron chi connectivity index (χ3n) is 8.34. The Morgan fingerprint density at radius 1 is 1.23 bits per heavy atom. The van der Waals surface area contributed by atoms with E-state index in [1.165, 1.54) is 24.5 Å². The number of fused-ring (bicyclic) bond motifs is 2. The molecule has 30 heavy (non-hydrogen) atoms. The number of nitrogens with zero attached hydrogens (tertiary/aromatic N) is 2. The molecule has 4 fully saturated rings. The molecule has 5 heteroatoms. The highest BCUT2D eigenvalue weighted by Crippen LogP contribution is 2.56. The molecule has 0 N–H and O–H groups in total. The molecule has 4 nitrogen and oxygen atoms in total. The van der Waals surface area contributed by atoms with Gasteiger partial charge in [0, 0.05) is 38.6 Å². The summed E-state index contributed by atoms with van der Waals surface area (Å²) >= 11 is 0. The molecule has 0 aromatic heterocycles.